The van der Waals surface area contributed by atoms with Gasteiger partial charge in [-0.2, -0.15) is 0 Å². The SMILES string of the molecule is COc1ccc(Nc2ccccc2-c2ccc(Cn3ccnc3C)cc2)cc1. The number of hydrogen-bond acceptors (Lipinski definition) is 3. The van der Waals surface area contributed by atoms with Gasteiger partial charge in [-0.1, -0.05) is 42.5 Å². The molecular formula is C24H23N3O. The zero-order valence-electron chi connectivity index (χ0n) is 16.1. The second kappa shape index (κ2) is 8.01. The van der Waals surface area contributed by atoms with E-state index in [1.165, 1.54) is 16.7 Å². The summed E-state index contributed by atoms with van der Waals surface area (Å²) in [6.07, 6.45) is 3.85. The number of para-hydroxylation sites is 1. The first-order chi connectivity index (χ1) is 13.7. The van der Waals surface area contributed by atoms with Crippen LogP contribution < -0.4 is 10.1 Å². The van der Waals surface area contributed by atoms with E-state index in [0.29, 0.717) is 0 Å². The molecule has 0 radical (unpaired) electrons. The molecule has 1 heterocycles. The van der Waals surface area contributed by atoms with Crippen LogP contribution in [0.15, 0.2) is 85.2 Å². The Hall–Kier alpha value is -3.53. The van der Waals surface area contributed by atoms with Crippen molar-refractivity contribution in [3.8, 4) is 16.9 Å². The highest BCUT2D eigenvalue weighted by Gasteiger charge is 2.06. The van der Waals surface area contributed by atoms with Gasteiger partial charge in [0.25, 0.3) is 0 Å². The van der Waals surface area contributed by atoms with Crippen LogP contribution in [0.5, 0.6) is 5.75 Å². The van der Waals surface area contributed by atoms with Crippen molar-refractivity contribution in [1.29, 1.82) is 0 Å². The van der Waals surface area contributed by atoms with Gasteiger partial charge >= 0.3 is 0 Å². The Morgan fingerprint density at radius 2 is 1.68 bits per heavy atom. The summed E-state index contributed by atoms with van der Waals surface area (Å²) in [4.78, 5) is 4.29. The molecule has 0 fully saturated rings. The fourth-order valence-electron chi connectivity index (χ4n) is 3.23. The van der Waals surface area contributed by atoms with Gasteiger partial charge in [-0.15, -0.1) is 0 Å². The van der Waals surface area contributed by atoms with E-state index >= 15 is 0 Å². The van der Waals surface area contributed by atoms with E-state index in [1.54, 1.807) is 7.11 Å². The molecule has 28 heavy (non-hydrogen) atoms. The van der Waals surface area contributed by atoms with Crippen LogP contribution in [0.1, 0.15) is 11.4 Å². The number of methoxy groups -OCH3 is 1. The van der Waals surface area contributed by atoms with Crippen molar-refractivity contribution in [2.75, 3.05) is 12.4 Å². The van der Waals surface area contributed by atoms with Gasteiger partial charge < -0.3 is 14.6 Å². The van der Waals surface area contributed by atoms with Gasteiger partial charge in [-0.25, -0.2) is 4.98 Å². The average Bonchev–Trinajstić information content (AvgIpc) is 3.14. The Balaban J connectivity index is 1.56. The molecule has 0 spiro atoms. The molecule has 4 heteroatoms. The van der Waals surface area contributed by atoms with Gasteiger partial charge in [0, 0.05) is 35.9 Å². The van der Waals surface area contributed by atoms with E-state index in [1.807, 2.05) is 49.6 Å². The number of nitrogens with one attached hydrogen (secondary N) is 1. The summed E-state index contributed by atoms with van der Waals surface area (Å²) in [5.41, 5.74) is 5.71. The number of rotatable bonds is 6. The molecule has 0 aliphatic heterocycles. The summed E-state index contributed by atoms with van der Waals surface area (Å²) in [6, 6.07) is 25.0. The molecule has 0 atom stereocenters. The number of aryl methyl sites for hydroxylation is 1. The van der Waals surface area contributed by atoms with Crippen LogP contribution in [0, 0.1) is 6.92 Å². The molecule has 140 valence electrons. The van der Waals surface area contributed by atoms with Crippen molar-refractivity contribution >= 4 is 11.4 Å². The Morgan fingerprint density at radius 3 is 2.36 bits per heavy atom. The van der Waals surface area contributed by atoms with Gasteiger partial charge in [0.05, 0.1) is 7.11 Å². The molecule has 4 aromatic rings. The van der Waals surface area contributed by atoms with E-state index in [2.05, 4.69) is 57.3 Å². The molecule has 0 saturated heterocycles. The minimum absolute atomic E-state index is 0.831. The molecule has 0 saturated carbocycles. The first kappa shape index (κ1) is 17.9. The van der Waals surface area contributed by atoms with E-state index in [4.69, 9.17) is 4.74 Å². The number of benzene rings is 3. The van der Waals surface area contributed by atoms with E-state index in [-0.39, 0.29) is 0 Å². The fourth-order valence-corrected chi connectivity index (χ4v) is 3.23. The van der Waals surface area contributed by atoms with Crippen molar-refractivity contribution in [1.82, 2.24) is 9.55 Å². The zero-order chi connectivity index (χ0) is 19.3. The standard InChI is InChI=1S/C24H23N3O/c1-18-25-15-16-27(18)17-19-7-9-20(10-8-19)23-5-3-4-6-24(23)26-21-11-13-22(28-2)14-12-21/h3-16,26H,17H2,1-2H3. The Bertz CT molecular complexity index is 1050. The number of hydrogen-bond donors (Lipinski definition) is 1. The molecule has 0 aliphatic rings. The first-order valence-corrected chi connectivity index (χ1v) is 9.30. The Labute approximate surface area is 165 Å². The third-order valence-electron chi connectivity index (χ3n) is 4.84. The van der Waals surface area contributed by atoms with Crippen LogP contribution >= 0.6 is 0 Å². The maximum absolute atomic E-state index is 5.23. The van der Waals surface area contributed by atoms with Crippen LogP contribution in [0.25, 0.3) is 11.1 Å². The molecule has 0 bridgehead atoms. The Kier molecular flexibility index (Phi) is 5.11. The van der Waals surface area contributed by atoms with Gasteiger partial charge in [-0.3, -0.25) is 0 Å². The van der Waals surface area contributed by atoms with Crippen LogP contribution in [0.2, 0.25) is 0 Å². The van der Waals surface area contributed by atoms with E-state index in [9.17, 15) is 0 Å². The second-order valence-corrected chi connectivity index (χ2v) is 6.70. The zero-order valence-corrected chi connectivity index (χ0v) is 16.1. The first-order valence-electron chi connectivity index (χ1n) is 9.30. The quantitative estimate of drug-likeness (QED) is 0.477. The van der Waals surface area contributed by atoms with Crippen LogP contribution in [-0.2, 0) is 6.54 Å². The fraction of sp³-hybridized carbons (Fsp3) is 0.125. The molecule has 1 aromatic heterocycles. The third-order valence-corrected chi connectivity index (χ3v) is 4.84. The molecular weight excluding hydrogens is 346 g/mol. The van der Waals surface area contributed by atoms with E-state index in [0.717, 1.165) is 29.5 Å². The highest BCUT2D eigenvalue weighted by atomic mass is 16.5. The van der Waals surface area contributed by atoms with Crippen LogP contribution in [-0.4, -0.2) is 16.7 Å². The van der Waals surface area contributed by atoms with Crippen molar-refractivity contribution in [2.24, 2.45) is 0 Å². The van der Waals surface area contributed by atoms with Gasteiger partial charge in [0.15, 0.2) is 0 Å². The lowest BCUT2D eigenvalue weighted by atomic mass is 10.0. The van der Waals surface area contributed by atoms with Crippen LogP contribution in [0.3, 0.4) is 0 Å². The normalized spacial score (nSPS) is 10.6. The van der Waals surface area contributed by atoms with Gasteiger partial charge in [0.1, 0.15) is 11.6 Å². The number of imidazole rings is 1. The summed E-state index contributed by atoms with van der Waals surface area (Å²) in [5.74, 6) is 1.88. The van der Waals surface area contributed by atoms with Crippen LogP contribution in [0.4, 0.5) is 11.4 Å². The van der Waals surface area contributed by atoms with Crippen molar-refractivity contribution < 1.29 is 4.74 Å². The maximum atomic E-state index is 5.23. The summed E-state index contributed by atoms with van der Waals surface area (Å²) in [5, 5.41) is 3.51. The summed E-state index contributed by atoms with van der Waals surface area (Å²) >= 11 is 0. The van der Waals surface area contributed by atoms with Gasteiger partial charge in [-0.05, 0) is 48.4 Å². The number of nitrogens with zero attached hydrogens (tertiary/aromatic N) is 2. The van der Waals surface area contributed by atoms with E-state index < -0.39 is 0 Å². The maximum Gasteiger partial charge on any atom is 0.119 e. The number of anilines is 2. The molecule has 0 amide bonds. The predicted octanol–water partition coefficient (Wildman–Crippen LogP) is 5.66. The van der Waals surface area contributed by atoms with Crippen molar-refractivity contribution in [2.45, 2.75) is 13.5 Å². The smallest absolute Gasteiger partial charge is 0.119 e. The lowest BCUT2D eigenvalue weighted by Crippen LogP contribution is -2.00. The molecule has 0 aliphatic carbocycles. The Morgan fingerprint density at radius 1 is 0.929 bits per heavy atom. The van der Waals surface area contributed by atoms with Gasteiger partial charge in [0.2, 0.25) is 0 Å². The molecule has 1 N–H and O–H groups in total. The molecule has 4 nitrogen and oxygen atoms in total. The summed E-state index contributed by atoms with van der Waals surface area (Å²) < 4.78 is 7.38. The number of aromatic nitrogens is 2. The topological polar surface area (TPSA) is 39.1 Å². The highest BCUT2D eigenvalue weighted by molar-refractivity contribution is 5.81. The number of ether oxygens (including phenoxy) is 1. The average molecular weight is 369 g/mol. The third kappa shape index (κ3) is 3.91. The summed E-state index contributed by atoms with van der Waals surface area (Å²) in [6.45, 7) is 2.85. The molecule has 4 rings (SSSR count). The minimum atomic E-state index is 0.831. The predicted molar refractivity (Wildman–Crippen MR) is 114 cm³/mol. The monoisotopic (exact) mass is 369 g/mol. The largest absolute Gasteiger partial charge is 0.497 e. The lowest BCUT2D eigenvalue weighted by Gasteiger charge is -2.13. The van der Waals surface area contributed by atoms with Crippen molar-refractivity contribution in [3.05, 3.63) is 96.6 Å². The molecule has 3 aromatic carbocycles. The second-order valence-electron chi connectivity index (χ2n) is 6.70. The highest BCUT2D eigenvalue weighted by Crippen LogP contribution is 2.31. The van der Waals surface area contributed by atoms with Crippen molar-refractivity contribution in [3.63, 3.8) is 0 Å². The summed E-state index contributed by atoms with van der Waals surface area (Å²) in [7, 11) is 1.68. The lowest BCUT2D eigenvalue weighted by molar-refractivity contribution is 0.415. The minimum Gasteiger partial charge on any atom is -0.497 e. The molecule has 0 unspecified atom stereocenters.